The van der Waals surface area contributed by atoms with Gasteiger partial charge in [-0.3, -0.25) is 4.98 Å². The Morgan fingerprint density at radius 1 is 0.923 bits per heavy atom. The maximum Gasteiger partial charge on any atom is 0.344 e. The van der Waals surface area contributed by atoms with E-state index in [0.29, 0.717) is 50.9 Å². The molecule has 0 N–H and O–H groups in total. The fourth-order valence-corrected chi connectivity index (χ4v) is 5.33. The average molecular weight is 517 g/mol. The second kappa shape index (κ2) is 9.05. The molecule has 5 heterocycles. The van der Waals surface area contributed by atoms with Crippen molar-refractivity contribution < 1.29 is 9.15 Å². The van der Waals surface area contributed by atoms with Gasteiger partial charge in [-0.15, -0.1) is 5.10 Å². The van der Waals surface area contributed by atoms with E-state index in [0.717, 1.165) is 24.3 Å². The molecule has 0 fully saturated rings. The van der Waals surface area contributed by atoms with Gasteiger partial charge in [0.15, 0.2) is 11.4 Å². The van der Waals surface area contributed by atoms with Gasteiger partial charge in [0.25, 0.3) is 0 Å². The number of aromatic nitrogens is 5. The molecule has 1 atom stereocenters. The Morgan fingerprint density at radius 2 is 1.72 bits per heavy atom. The number of anilines is 1. The lowest BCUT2D eigenvalue weighted by Crippen LogP contribution is -2.23. The van der Waals surface area contributed by atoms with Crippen molar-refractivity contribution in [1.82, 2.24) is 24.6 Å². The molecule has 192 valence electrons. The van der Waals surface area contributed by atoms with Crippen molar-refractivity contribution in [1.29, 1.82) is 0 Å². The molecule has 0 saturated heterocycles. The van der Waals surface area contributed by atoms with Crippen LogP contribution in [0.4, 0.5) is 5.69 Å². The monoisotopic (exact) mass is 516 g/mol. The summed E-state index contributed by atoms with van der Waals surface area (Å²) >= 11 is 0. The van der Waals surface area contributed by atoms with Crippen molar-refractivity contribution in [3.05, 3.63) is 106 Å². The number of nitrogens with zero attached hydrogens (tertiary/aromatic N) is 6. The van der Waals surface area contributed by atoms with Crippen LogP contribution in [0.2, 0.25) is 0 Å². The number of rotatable bonds is 5. The lowest BCUT2D eigenvalue weighted by molar-refractivity contribution is 0.422. The summed E-state index contributed by atoms with van der Waals surface area (Å²) in [5.41, 5.74) is 4.25. The summed E-state index contributed by atoms with van der Waals surface area (Å²) in [5.74, 6) is 0.752. The number of benzene rings is 2. The van der Waals surface area contributed by atoms with Crippen molar-refractivity contribution in [2.75, 3.05) is 18.0 Å². The Hall–Kier alpha value is -5.05. The van der Waals surface area contributed by atoms with Gasteiger partial charge in [-0.2, -0.15) is 0 Å². The minimum Gasteiger partial charge on any atom is -0.437 e. The third-order valence-electron chi connectivity index (χ3n) is 7.21. The number of pyridine rings is 1. The molecular formula is C30H24N6O3. The molecule has 1 aliphatic rings. The number of ether oxygens (including phenoxy) is 1. The van der Waals surface area contributed by atoms with Gasteiger partial charge >= 0.3 is 5.63 Å². The van der Waals surface area contributed by atoms with Gasteiger partial charge < -0.3 is 14.1 Å². The van der Waals surface area contributed by atoms with Crippen molar-refractivity contribution in [2.24, 2.45) is 0 Å². The van der Waals surface area contributed by atoms with Crippen molar-refractivity contribution in [3.8, 4) is 23.1 Å². The fraction of sp³-hybridized carbons (Fsp3) is 0.167. The highest BCUT2D eigenvalue weighted by molar-refractivity contribution is 5.87. The molecule has 6 aromatic rings. The van der Waals surface area contributed by atoms with E-state index in [2.05, 4.69) is 45.9 Å². The number of hydrogen-bond acceptors (Lipinski definition) is 8. The number of para-hydroxylation sites is 1. The van der Waals surface area contributed by atoms with Crippen LogP contribution in [0.5, 0.6) is 11.6 Å². The molecule has 0 saturated carbocycles. The molecule has 2 aromatic carbocycles. The summed E-state index contributed by atoms with van der Waals surface area (Å²) in [5, 5.41) is 5.33. The predicted molar refractivity (Wildman–Crippen MR) is 148 cm³/mol. The van der Waals surface area contributed by atoms with Crippen LogP contribution in [0.15, 0.2) is 88.5 Å². The zero-order chi connectivity index (χ0) is 26.5. The van der Waals surface area contributed by atoms with Crippen LogP contribution < -0.4 is 15.3 Å². The van der Waals surface area contributed by atoms with Crippen LogP contribution in [0.25, 0.3) is 28.1 Å². The van der Waals surface area contributed by atoms with E-state index < -0.39 is 11.5 Å². The topological polar surface area (TPSA) is 98.7 Å². The lowest BCUT2D eigenvalue weighted by atomic mass is 9.84. The second-order valence-corrected chi connectivity index (χ2v) is 9.31. The van der Waals surface area contributed by atoms with E-state index in [1.165, 1.54) is 0 Å². The number of fused-ring (bicyclic) bond motifs is 6. The van der Waals surface area contributed by atoms with Gasteiger partial charge in [-0.25, -0.2) is 19.3 Å². The third kappa shape index (κ3) is 3.65. The highest BCUT2D eigenvalue weighted by Gasteiger charge is 2.37. The highest BCUT2D eigenvalue weighted by Crippen LogP contribution is 2.49. The van der Waals surface area contributed by atoms with E-state index in [9.17, 15) is 4.79 Å². The van der Waals surface area contributed by atoms with Crippen molar-refractivity contribution in [2.45, 2.75) is 19.8 Å². The molecule has 0 spiro atoms. The molecule has 4 aromatic heterocycles. The summed E-state index contributed by atoms with van der Waals surface area (Å²) < 4.78 is 13.8. The largest absolute Gasteiger partial charge is 0.437 e. The van der Waals surface area contributed by atoms with Crippen LogP contribution in [0, 0.1) is 0 Å². The molecule has 0 aliphatic carbocycles. The van der Waals surface area contributed by atoms with Crippen LogP contribution in [-0.4, -0.2) is 37.7 Å². The Balaban J connectivity index is 1.50. The summed E-state index contributed by atoms with van der Waals surface area (Å²) in [4.78, 5) is 29.7. The standard InChI is InChI=1S/C30H24N6O3/c1-3-35(4-2)19-14-12-18(13-15-19)23-24-26(20-9-5-6-11-22(20)38-30(24)37)39-29-25(23)28-33-27(34-36(28)17-32-29)21-10-7-8-16-31-21/h5-17,23H,3-4H2,1-2H3. The molecule has 9 nitrogen and oxygen atoms in total. The van der Waals surface area contributed by atoms with Crippen molar-refractivity contribution in [3.63, 3.8) is 0 Å². The molecule has 39 heavy (non-hydrogen) atoms. The summed E-state index contributed by atoms with van der Waals surface area (Å²) in [7, 11) is 0. The first-order chi connectivity index (χ1) is 19.2. The molecular weight excluding hydrogens is 492 g/mol. The smallest absolute Gasteiger partial charge is 0.344 e. The molecule has 0 amide bonds. The minimum atomic E-state index is -0.535. The van der Waals surface area contributed by atoms with E-state index in [4.69, 9.17) is 14.1 Å². The summed E-state index contributed by atoms with van der Waals surface area (Å²) in [6.45, 7) is 6.06. The van der Waals surface area contributed by atoms with Gasteiger partial charge in [0.1, 0.15) is 17.6 Å². The zero-order valence-corrected chi connectivity index (χ0v) is 21.4. The Labute approximate surface area is 223 Å². The fourth-order valence-electron chi connectivity index (χ4n) is 5.33. The number of hydrogen-bond donors (Lipinski definition) is 0. The maximum absolute atomic E-state index is 13.6. The van der Waals surface area contributed by atoms with E-state index >= 15 is 0 Å². The SMILES string of the molecule is CCN(CC)c1ccc(C2c3c(c4ccccc4oc3=O)Oc3ncn4nc(-c5ccccn5)nc4c32)cc1. The lowest BCUT2D eigenvalue weighted by Gasteiger charge is -2.28. The first kappa shape index (κ1) is 23.1. The molecule has 1 aliphatic heterocycles. The van der Waals surface area contributed by atoms with Gasteiger partial charge in [0, 0.05) is 25.0 Å². The molecule has 1 unspecified atom stereocenters. The normalized spacial score (nSPS) is 14.2. The third-order valence-corrected chi connectivity index (χ3v) is 7.21. The van der Waals surface area contributed by atoms with E-state index in [1.54, 1.807) is 23.1 Å². The molecule has 0 radical (unpaired) electrons. The Kier molecular flexibility index (Phi) is 5.36. The highest BCUT2D eigenvalue weighted by atomic mass is 16.5. The van der Waals surface area contributed by atoms with Crippen molar-refractivity contribution >= 4 is 22.3 Å². The van der Waals surface area contributed by atoms with Gasteiger partial charge in [-0.1, -0.05) is 30.3 Å². The molecule has 0 bridgehead atoms. The van der Waals surface area contributed by atoms with E-state index in [-0.39, 0.29) is 0 Å². The first-order valence-electron chi connectivity index (χ1n) is 12.9. The van der Waals surface area contributed by atoms with Crippen LogP contribution in [-0.2, 0) is 0 Å². The first-order valence-corrected chi connectivity index (χ1v) is 12.9. The van der Waals surface area contributed by atoms with Gasteiger partial charge in [-0.05, 0) is 55.8 Å². The van der Waals surface area contributed by atoms with Gasteiger partial charge in [0.2, 0.25) is 11.7 Å². The van der Waals surface area contributed by atoms with Crippen LogP contribution >= 0.6 is 0 Å². The zero-order valence-electron chi connectivity index (χ0n) is 21.4. The Morgan fingerprint density at radius 3 is 2.49 bits per heavy atom. The van der Waals surface area contributed by atoms with Crippen LogP contribution in [0.1, 0.15) is 36.5 Å². The van der Waals surface area contributed by atoms with Gasteiger partial charge in [0.05, 0.1) is 22.4 Å². The predicted octanol–water partition coefficient (Wildman–Crippen LogP) is 5.42. The molecule has 9 heteroatoms. The summed E-state index contributed by atoms with van der Waals surface area (Å²) in [6, 6.07) is 21.2. The Bertz CT molecular complexity index is 1890. The summed E-state index contributed by atoms with van der Waals surface area (Å²) in [6.07, 6.45) is 3.28. The average Bonchev–Trinajstić information content (AvgIpc) is 3.43. The van der Waals surface area contributed by atoms with Crippen LogP contribution in [0.3, 0.4) is 0 Å². The van der Waals surface area contributed by atoms with E-state index in [1.807, 2.05) is 48.5 Å². The minimum absolute atomic E-state index is 0.378. The maximum atomic E-state index is 13.6. The molecule has 7 rings (SSSR count). The second-order valence-electron chi connectivity index (χ2n) is 9.31. The quantitative estimate of drug-likeness (QED) is 0.280.